The van der Waals surface area contributed by atoms with E-state index in [1.807, 2.05) is 0 Å². The third-order valence-corrected chi connectivity index (χ3v) is 3.59. The number of nitrogens with two attached hydrogens (primary N) is 1. The molecule has 0 radical (unpaired) electrons. The molecular formula is C14H22N2. The van der Waals surface area contributed by atoms with Crippen molar-refractivity contribution in [3.63, 3.8) is 0 Å². The number of hydrogen-bond acceptors (Lipinski definition) is 2. The summed E-state index contributed by atoms with van der Waals surface area (Å²) < 4.78 is 0. The van der Waals surface area contributed by atoms with Crippen molar-refractivity contribution in [3.8, 4) is 0 Å². The van der Waals surface area contributed by atoms with Gasteiger partial charge >= 0.3 is 0 Å². The van der Waals surface area contributed by atoms with E-state index in [0.717, 1.165) is 13.1 Å². The van der Waals surface area contributed by atoms with Gasteiger partial charge in [-0.05, 0) is 50.8 Å². The molecule has 0 spiro atoms. The van der Waals surface area contributed by atoms with Crippen LogP contribution in [0.4, 0.5) is 0 Å². The van der Waals surface area contributed by atoms with Crippen molar-refractivity contribution in [3.05, 3.63) is 35.4 Å². The van der Waals surface area contributed by atoms with E-state index in [4.69, 9.17) is 5.73 Å². The minimum atomic E-state index is 0.209. The number of rotatable bonds is 2. The fourth-order valence-electron chi connectivity index (χ4n) is 2.47. The van der Waals surface area contributed by atoms with Gasteiger partial charge in [0.2, 0.25) is 0 Å². The summed E-state index contributed by atoms with van der Waals surface area (Å²) in [5.74, 6) is 0.637. The summed E-state index contributed by atoms with van der Waals surface area (Å²) in [6.07, 6.45) is 3.71. The Morgan fingerprint density at radius 3 is 2.69 bits per heavy atom. The molecule has 3 N–H and O–H groups in total. The summed E-state index contributed by atoms with van der Waals surface area (Å²) in [6.45, 7) is 4.38. The van der Waals surface area contributed by atoms with E-state index >= 15 is 0 Å². The highest BCUT2D eigenvalue weighted by molar-refractivity contribution is 5.24. The molecule has 2 atom stereocenters. The number of aryl methyl sites for hydroxylation is 1. The number of hydrogen-bond donors (Lipinski definition) is 2. The van der Waals surface area contributed by atoms with Gasteiger partial charge in [-0.25, -0.2) is 0 Å². The lowest BCUT2D eigenvalue weighted by Gasteiger charge is -2.22. The van der Waals surface area contributed by atoms with Crippen molar-refractivity contribution in [2.24, 2.45) is 11.7 Å². The van der Waals surface area contributed by atoms with Gasteiger partial charge in [0.25, 0.3) is 0 Å². The lowest BCUT2D eigenvalue weighted by Crippen LogP contribution is -2.22. The number of nitrogens with one attached hydrogen (secondary N) is 1. The Morgan fingerprint density at radius 1 is 1.19 bits per heavy atom. The van der Waals surface area contributed by atoms with Crippen molar-refractivity contribution in [1.82, 2.24) is 5.32 Å². The van der Waals surface area contributed by atoms with Crippen LogP contribution in [-0.4, -0.2) is 13.1 Å². The zero-order valence-electron chi connectivity index (χ0n) is 10.1. The van der Waals surface area contributed by atoms with Gasteiger partial charge in [-0.1, -0.05) is 29.8 Å². The Kier molecular flexibility index (Phi) is 3.97. The van der Waals surface area contributed by atoms with Gasteiger partial charge < -0.3 is 11.1 Å². The van der Waals surface area contributed by atoms with Crippen LogP contribution in [0.2, 0.25) is 0 Å². The smallest absolute Gasteiger partial charge is 0.0323 e. The molecule has 1 aromatic rings. The molecule has 1 aliphatic heterocycles. The van der Waals surface area contributed by atoms with Crippen molar-refractivity contribution in [2.75, 3.05) is 13.1 Å². The van der Waals surface area contributed by atoms with Crippen molar-refractivity contribution < 1.29 is 0 Å². The fraction of sp³-hybridized carbons (Fsp3) is 0.571. The first kappa shape index (κ1) is 11.6. The fourth-order valence-corrected chi connectivity index (χ4v) is 2.47. The SMILES string of the molecule is Cc1ccc(C(N)C2CCCNCC2)cc1. The van der Waals surface area contributed by atoms with Crippen molar-refractivity contribution >= 4 is 0 Å². The molecule has 0 saturated carbocycles. The molecule has 1 heterocycles. The summed E-state index contributed by atoms with van der Waals surface area (Å²) in [7, 11) is 0. The van der Waals surface area contributed by atoms with Crippen LogP contribution < -0.4 is 11.1 Å². The molecule has 2 nitrogen and oxygen atoms in total. The van der Waals surface area contributed by atoms with Crippen LogP contribution in [0.1, 0.15) is 36.4 Å². The molecule has 16 heavy (non-hydrogen) atoms. The molecule has 1 aliphatic rings. The first-order valence-corrected chi connectivity index (χ1v) is 6.30. The Balaban J connectivity index is 2.04. The van der Waals surface area contributed by atoms with Crippen LogP contribution in [0.25, 0.3) is 0 Å². The molecule has 1 saturated heterocycles. The second-order valence-corrected chi connectivity index (χ2v) is 4.88. The van der Waals surface area contributed by atoms with Gasteiger partial charge in [0.05, 0.1) is 0 Å². The highest BCUT2D eigenvalue weighted by atomic mass is 14.9. The highest BCUT2D eigenvalue weighted by Crippen LogP contribution is 2.27. The van der Waals surface area contributed by atoms with E-state index in [1.54, 1.807) is 0 Å². The monoisotopic (exact) mass is 218 g/mol. The Hall–Kier alpha value is -0.860. The Labute approximate surface area is 98.2 Å². The summed E-state index contributed by atoms with van der Waals surface area (Å²) in [6, 6.07) is 8.88. The highest BCUT2D eigenvalue weighted by Gasteiger charge is 2.20. The zero-order valence-corrected chi connectivity index (χ0v) is 10.1. The van der Waals surface area contributed by atoms with Gasteiger partial charge in [-0.3, -0.25) is 0 Å². The maximum Gasteiger partial charge on any atom is 0.0323 e. The lowest BCUT2D eigenvalue weighted by molar-refractivity contribution is 0.391. The zero-order chi connectivity index (χ0) is 11.4. The van der Waals surface area contributed by atoms with Gasteiger partial charge in [0, 0.05) is 6.04 Å². The lowest BCUT2D eigenvalue weighted by atomic mass is 9.88. The predicted octanol–water partition coefficient (Wildman–Crippen LogP) is 2.38. The minimum Gasteiger partial charge on any atom is -0.324 e. The summed E-state index contributed by atoms with van der Waals surface area (Å²) in [4.78, 5) is 0. The molecule has 2 rings (SSSR count). The standard InChI is InChI=1S/C14H22N2/c1-11-4-6-13(7-5-11)14(15)12-3-2-9-16-10-8-12/h4-7,12,14,16H,2-3,8-10,15H2,1H3. The Bertz CT molecular complexity index is 310. The quantitative estimate of drug-likeness (QED) is 0.800. The van der Waals surface area contributed by atoms with Gasteiger partial charge in [0.15, 0.2) is 0 Å². The van der Waals surface area contributed by atoms with Crippen LogP contribution >= 0.6 is 0 Å². The number of benzene rings is 1. The summed E-state index contributed by atoms with van der Waals surface area (Å²) in [5, 5.41) is 3.44. The Morgan fingerprint density at radius 2 is 1.94 bits per heavy atom. The van der Waals surface area contributed by atoms with E-state index in [2.05, 4.69) is 36.5 Å². The molecule has 88 valence electrons. The second kappa shape index (κ2) is 5.46. The maximum absolute atomic E-state index is 6.36. The van der Waals surface area contributed by atoms with Crippen LogP contribution in [0.15, 0.2) is 24.3 Å². The minimum absolute atomic E-state index is 0.209. The van der Waals surface area contributed by atoms with Crippen molar-refractivity contribution in [1.29, 1.82) is 0 Å². The van der Waals surface area contributed by atoms with Gasteiger partial charge in [0.1, 0.15) is 0 Å². The van der Waals surface area contributed by atoms with Crippen molar-refractivity contribution in [2.45, 2.75) is 32.2 Å². The van der Waals surface area contributed by atoms with Gasteiger partial charge in [-0.2, -0.15) is 0 Å². The van der Waals surface area contributed by atoms with E-state index in [-0.39, 0.29) is 6.04 Å². The largest absolute Gasteiger partial charge is 0.324 e. The predicted molar refractivity (Wildman–Crippen MR) is 68.3 cm³/mol. The molecule has 2 heteroatoms. The van der Waals surface area contributed by atoms with E-state index in [1.165, 1.54) is 30.4 Å². The first-order chi connectivity index (χ1) is 7.77. The molecular weight excluding hydrogens is 196 g/mol. The normalized spacial score (nSPS) is 23.8. The van der Waals surface area contributed by atoms with Gasteiger partial charge in [-0.15, -0.1) is 0 Å². The third kappa shape index (κ3) is 2.83. The average molecular weight is 218 g/mol. The summed E-state index contributed by atoms with van der Waals surface area (Å²) >= 11 is 0. The molecule has 1 fully saturated rings. The topological polar surface area (TPSA) is 38.0 Å². The molecule has 2 unspecified atom stereocenters. The second-order valence-electron chi connectivity index (χ2n) is 4.88. The van der Waals surface area contributed by atoms with Crippen LogP contribution in [0.3, 0.4) is 0 Å². The molecule has 0 bridgehead atoms. The molecule has 0 amide bonds. The van der Waals surface area contributed by atoms with E-state index < -0.39 is 0 Å². The maximum atomic E-state index is 6.36. The van der Waals surface area contributed by atoms with Crippen LogP contribution in [-0.2, 0) is 0 Å². The third-order valence-electron chi connectivity index (χ3n) is 3.59. The first-order valence-electron chi connectivity index (χ1n) is 6.30. The molecule has 1 aromatic carbocycles. The van der Waals surface area contributed by atoms with E-state index in [0.29, 0.717) is 5.92 Å². The molecule has 0 aliphatic carbocycles. The molecule has 0 aromatic heterocycles. The average Bonchev–Trinajstić information content (AvgIpc) is 2.57. The van der Waals surface area contributed by atoms with Crippen LogP contribution in [0.5, 0.6) is 0 Å². The van der Waals surface area contributed by atoms with Crippen LogP contribution in [0, 0.1) is 12.8 Å². The summed E-state index contributed by atoms with van der Waals surface area (Å²) in [5.41, 5.74) is 8.95. The van der Waals surface area contributed by atoms with E-state index in [9.17, 15) is 0 Å².